The highest BCUT2D eigenvalue weighted by Crippen LogP contribution is 2.19. The molecule has 1 aliphatic rings. The molecule has 1 fully saturated rings. The molecule has 0 atom stereocenters. The van der Waals surface area contributed by atoms with Gasteiger partial charge in [-0.2, -0.15) is 0 Å². The molecule has 24 heavy (non-hydrogen) atoms. The van der Waals surface area contributed by atoms with Gasteiger partial charge in [-0.1, -0.05) is 29.8 Å². The Bertz CT molecular complexity index is 685. The van der Waals surface area contributed by atoms with Crippen LogP contribution in [0.4, 0.5) is 11.5 Å². The Morgan fingerprint density at radius 2 is 2.00 bits per heavy atom. The van der Waals surface area contributed by atoms with Gasteiger partial charge < -0.3 is 15.4 Å². The van der Waals surface area contributed by atoms with Gasteiger partial charge in [-0.05, 0) is 36.6 Å². The topological polar surface area (TPSA) is 63.2 Å². The molecule has 5 nitrogen and oxygen atoms in total. The van der Waals surface area contributed by atoms with Crippen molar-refractivity contribution in [3.05, 3.63) is 53.2 Å². The lowest BCUT2D eigenvalue weighted by Gasteiger charge is -2.20. The summed E-state index contributed by atoms with van der Waals surface area (Å²) in [4.78, 5) is 16.5. The Labute approximate surface area is 146 Å². The first-order valence-corrected chi connectivity index (χ1v) is 8.42. The van der Waals surface area contributed by atoms with E-state index >= 15 is 0 Å². The predicted octanol–water partition coefficient (Wildman–Crippen LogP) is 3.71. The van der Waals surface area contributed by atoms with E-state index in [0.717, 1.165) is 29.1 Å². The van der Waals surface area contributed by atoms with Crippen LogP contribution >= 0.6 is 11.6 Å². The van der Waals surface area contributed by atoms with Crippen molar-refractivity contribution in [1.29, 1.82) is 0 Å². The van der Waals surface area contributed by atoms with Crippen LogP contribution in [0.5, 0.6) is 0 Å². The summed E-state index contributed by atoms with van der Waals surface area (Å²) in [6, 6.07) is 11.4. The highest BCUT2D eigenvalue weighted by atomic mass is 35.5. The SMILES string of the molecule is O=C(Nc1ccc(NCc2ccccc2Cl)cn1)C1CCOCC1. The highest BCUT2D eigenvalue weighted by Gasteiger charge is 2.21. The predicted molar refractivity (Wildman–Crippen MR) is 95.2 cm³/mol. The van der Waals surface area contributed by atoms with E-state index in [9.17, 15) is 4.79 Å². The minimum Gasteiger partial charge on any atom is -0.381 e. The van der Waals surface area contributed by atoms with Crippen LogP contribution in [0.25, 0.3) is 0 Å². The van der Waals surface area contributed by atoms with Crippen LogP contribution in [-0.2, 0) is 16.1 Å². The van der Waals surface area contributed by atoms with Crippen molar-refractivity contribution in [3.8, 4) is 0 Å². The normalized spacial score (nSPS) is 15.0. The quantitative estimate of drug-likeness (QED) is 0.867. The van der Waals surface area contributed by atoms with Gasteiger partial charge in [0.2, 0.25) is 5.91 Å². The van der Waals surface area contributed by atoms with Crippen molar-refractivity contribution < 1.29 is 9.53 Å². The second-order valence-corrected chi connectivity index (χ2v) is 6.16. The molecule has 0 aliphatic carbocycles. The van der Waals surface area contributed by atoms with E-state index in [1.807, 2.05) is 30.3 Å². The van der Waals surface area contributed by atoms with Crippen LogP contribution < -0.4 is 10.6 Å². The Hall–Kier alpha value is -2.11. The lowest BCUT2D eigenvalue weighted by Crippen LogP contribution is -2.28. The molecule has 2 aromatic rings. The summed E-state index contributed by atoms with van der Waals surface area (Å²) in [5, 5.41) is 6.87. The molecule has 6 heteroatoms. The van der Waals surface area contributed by atoms with Crippen LogP contribution in [0.15, 0.2) is 42.6 Å². The van der Waals surface area contributed by atoms with Gasteiger partial charge >= 0.3 is 0 Å². The first-order valence-electron chi connectivity index (χ1n) is 8.04. The summed E-state index contributed by atoms with van der Waals surface area (Å²) < 4.78 is 5.27. The van der Waals surface area contributed by atoms with E-state index in [2.05, 4.69) is 15.6 Å². The lowest BCUT2D eigenvalue weighted by atomic mass is 9.99. The Kier molecular flexibility index (Phi) is 5.67. The molecule has 1 aromatic carbocycles. The molecule has 0 saturated carbocycles. The van der Waals surface area contributed by atoms with E-state index in [4.69, 9.17) is 16.3 Å². The van der Waals surface area contributed by atoms with E-state index in [0.29, 0.717) is 25.6 Å². The van der Waals surface area contributed by atoms with Crippen LogP contribution in [0, 0.1) is 5.92 Å². The van der Waals surface area contributed by atoms with E-state index in [1.54, 1.807) is 12.3 Å². The second kappa shape index (κ2) is 8.13. The fourth-order valence-electron chi connectivity index (χ4n) is 2.60. The Morgan fingerprint density at radius 1 is 1.21 bits per heavy atom. The summed E-state index contributed by atoms with van der Waals surface area (Å²) in [5.41, 5.74) is 1.90. The Morgan fingerprint density at radius 3 is 2.71 bits per heavy atom. The number of benzene rings is 1. The van der Waals surface area contributed by atoms with Gasteiger partial charge in [-0.3, -0.25) is 4.79 Å². The van der Waals surface area contributed by atoms with E-state index in [1.165, 1.54) is 0 Å². The molecule has 1 saturated heterocycles. The standard InChI is InChI=1S/C18H20ClN3O2/c19-16-4-2-1-3-14(16)11-20-15-5-6-17(21-12-15)22-18(23)13-7-9-24-10-8-13/h1-6,12-13,20H,7-11H2,(H,21,22,23). The molecule has 1 amide bonds. The minimum absolute atomic E-state index is 0.0126. The number of nitrogens with one attached hydrogen (secondary N) is 2. The second-order valence-electron chi connectivity index (χ2n) is 5.75. The van der Waals surface area contributed by atoms with Gasteiger partial charge in [0.05, 0.1) is 11.9 Å². The molecule has 0 bridgehead atoms. The number of pyridine rings is 1. The van der Waals surface area contributed by atoms with Crippen molar-refractivity contribution in [2.24, 2.45) is 5.92 Å². The van der Waals surface area contributed by atoms with Gasteiger partial charge in [0.25, 0.3) is 0 Å². The number of aromatic nitrogens is 1. The van der Waals surface area contributed by atoms with Gasteiger partial charge in [-0.15, -0.1) is 0 Å². The Balaban J connectivity index is 1.53. The summed E-state index contributed by atoms with van der Waals surface area (Å²) in [6.07, 6.45) is 3.24. The number of halogens is 1. The van der Waals surface area contributed by atoms with Crippen molar-refractivity contribution in [2.45, 2.75) is 19.4 Å². The largest absolute Gasteiger partial charge is 0.381 e. The highest BCUT2D eigenvalue weighted by molar-refractivity contribution is 6.31. The number of hydrogen-bond donors (Lipinski definition) is 2. The van der Waals surface area contributed by atoms with Crippen LogP contribution in [0.1, 0.15) is 18.4 Å². The maximum Gasteiger partial charge on any atom is 0.228 e. The molecule has 3 rings (SSSR count). The third-order valence-corrected chi connectivity index (χ3v) is 4.42. The fraction of sp³-hybridized carbons (Fsp3) is 0.333. The van der Waals surface area contributed by atoms with Crippen LogP contribution in [0.3, 0.4) is 0 Å². The number of anilines is 2. The number of amides is 1. The average molecular weight is 346 g/mol. The first-order chi connectivity index (χ1) is 11.7. The zero-order valence-corrected chi connectivity index (χ0v) is 14.1. The summed E-state index contributed by atoms with van der Waals surface area (Å²) in [6.45, 7) is 1.92. The maximum atomic E-state index is 12.2. The summed E-state index contributed by atoms with van der Waals surface area (Å²) in [7, 11) is 0. The third kappa shape index (κ3) is 4.46. The molecular weight excluding hydrogens is 326 g/mol. The number of nitrogens with zero attached hydrogens (tertiary/aromatic N) is 1. The number of carbonyl (C=O) groups is 1. The van der Waals surface area contributed by atoms with Crippen molar-refractivity contribution in [1.82, 2.24) is 4.98 Å². The van der Waals surface area contributed by atoms with Crippen molar-refractivity contribution >= 4 is 29.0 Å². The zero-order valence-electron chi connectivity index (χ0n) is 13.3. The van der Waals surface area contributed by atoms with Crippen LogP contribution in [0.2, 0.25) is 5.02 Å². The molecule has 2 heterocycles. The van der Waals surface area contributed by atoms with Gasteiger partial charge in [0.1, 0.15) is 5.82 Å². The molecular formula is C18H20ClN3O2. The number of hydrogen-bond acceptors (Lipinski definition) is 4. The number of ether oxygens (including phenoxy) is 1. The van der Waals surface area contributed by atoms with Gasteiger partial charge in [-0.25, -0.2) is 4.98 Å². The smallest absolute Gasteiger partial charge is 0.228 e. The molecule has 0 spiro atoms. The minimum atomic E-state index is 0.0126. The molecule has 0 radical (unpaired) electrons. The maximum absolute atomic E-state index is 12.2. The number of rotatable bonds is 5. The monoisotopic (exact) mass is 345 g/mol. The molecule has 1 aromatic heterocycles. The molecule has 2 N–H and O–H groups in total. The lowest BCUT2D eigenvalue weighted by molar-refractivity contribution is -0.122. The summed E-state index contributed by atoms with van der Waals surface area (Å²) >= 11 is 6.13. The third-order valence-electron chi connectivity index (χ3n) is 4.05. The average Bonchev–Trinajstić information content (AvgIpc) is 2.63. The van der Waals surface area contributed by atoms with Crippen LogP contribution in [-0.4, -0.2) is 24.1 Å². The first kappa shape index (κ1) is 16.7. The van der Waals surface area contributed by atoms with Crippen molar-refractivity contribution in [3.63, 3.8) is 0 Å². The van der Waals surface area contributed by atoms with Gasteiger partial charge in [0, 0.05) is 30.7 Å². The van der Waals surface area contributed by atoms with Crippen molar-refractivity contribution in [2.75, 3.05) is 23.8 Å². The van der Waals surface area contributed by atoms with Gasteiger partial charge in [0.15, 0.2) is 0 Å². The fourth-order valence-corrected chi connectivity index (χ4v) is 2.80. The number of carbonyl (C=O) groups excluding carboxylic acids is 1. The molecule has 1 aliphatic heterocycles. The van der Waals surface area contributed by atoms with E-state index in [-0.39, 0.29) is 11.8 Å². The molecule has 0 unspecified atom stereocenters. The summed E-state index contributed by atoms with van der Waals surface area (Å²) in [5.74, 6) is 0.593. The zero-order chi connectivity index (χ0) is 16.8. The van der Waals surface area contributed by atoms with E-state index < -0.39 is 0 Å². The molecule has 126 valence electrons.